The Balaban J connectivity index is 1.75. The van der Waals surface area contributed by atoms with Crippen molar-refractivity contribution in [2.45, 2.75) is 32.9 Å². The van der Waals surface area contributed by atoms with E-state index in [1.807, 2.05) is 36.4 Å². The molecule has 0 saturated heterocycles. The van der Waals surface area contributed by atoms with Crippen molar-refractivity contribution in [3.05, 3.63) is 102 Å². The summed E-state index contributed by atoms with van der Waals surface area (Å²) in [5.74, 6) is 1.81. The van der Waals surface area contributed by atoms with E-state index in [2.05, 4.69) is 95.9 Å². The third-order valence-corrected chi connectivity index (χ3v) is 5.71. The zero-order chi connectivity index (χ0) is 23.7. The molecule has 0 radical (unpaired) electrons. The molecule has 2 heterocycles. The Bertz CT molecular complexity index is 1460. The van der Waals surface area contributed by atoms with Crippen LogP contribution in [0.2, 0.25) is 0 Å². The number of rotatable bonds is 5. The monoisotopic (exact) mass is 445 g/mol. The molecule has 0 spiro atoms. The molecular weight excluding hydrogens is 418 g/mol. The van der Waals surface area contributed by atoms with Crippen molar-refractivity contribution in [3.63, 3.8) is 0 Å². The molecule has 0 aliphatic rings. The molecule has 3 aromatic carbocycles. The smallest absolute Gasteiger partial charge is 0.217 e. The predicted molar refractivity (Wildman–Crippen MR) is 138 cm³/mol. The van der Waals surface area contributed by atoms with E-state index in [1.165, 1.54) is 5.56 Å². The van der Waals surface area contributed by atoms with E-state index in [-0.39, 0.29) is 5.54 Å². The summed E-state index contributed by atoms with van der Waals surface area (Å²) in [5.41, 5.74) is 5.79. The van der Waals surface area contributed by atoms with E-state index < -0.39 is 0 Å². The van der Waals surface area contributed by atoms with E-state index in [0.29, 0.717) is 12.1 Å². The van der Waals surface area contributed by atoms with Crippen LogP contribution in [0.15, 0.2) is 91.1 Å². The van der Waals surface area contributed by atoms with Gasteiger partial charge in [0.2, 0.25) is 5.78 Å². The number of imidazole rings is 2. The zero-order valence-electron chi connectivity index (χ0n) is 19.7. The minimum atomic E-state index is -0.161. The van der Waals surface area contributed by atoms with Gasteiger partial charge in [-0.1, -0.05) is 72.8 Å². The fraction of sp³-hybridized carbons (Fsp3) is 0.172. The van der Waals surface area contributed by atoms with Gasteiger partial charge in [0.1, 0.15) is 11.5 Å². The number of hydrogen-bond donors (Lipinski definition) is 1. The topological polar surface area (TPSA) is 58.0 Å². The van der Waals surface area contributed by atoms with Crippen LogP contribution >= 0.6 is 0 Å². The normalized spacial score (nSPS) is 11.5. The molecule has 0 saturated carbocycles. The van der Waals surface area contributed by atoms with Crippen LogP contribution in [-0.2, 0) is 6.54 Å². The molecule has 1 N–H and O–H groups in total. The second kappa shape index (κ2) is 8.57. The highest BCUT2D eigenvalue weighted by Gasteiger charge is 2.23. The lowest BCUT2D eigenvalue weighted by Gasteiger charge is -2.22. The highest BCUT2D eigenvalue weighted by molar-refractivity contribution is 5.78. The molecular formula is C29H27N5. The van der Waals surface area contributed by atoms with E-state index in [9.17, 15) is 5.26 Å². The summed E-state index contributed by atoms with van der Waals surface area (Å²) in [6, 6.07) is 30.7. The minimum absolute atomic E-state index is 0.161. The van der Waals surface area contributed by atoms with Gasteiger partial charge >= 0.3 is 0 Å². The summed E-state index contributed by atoms with van der Waals surface area (Å²) in [6.45, 7) is 7.15. The Kier molecular flexibility index (Phi) is 5.43. The standard InChI is InChI=1S/C29H27N5/c1-29(2,3)32-27-26(24-16-14-21(18-30)15-17-24)31-28-33(19-22-10-6-4-7-11-22)25(20-34(27)28)23-12-8-5-9-13-23/h4-17,20,32H,19H2,1-3H3. The maximum atomic E-state index is 9.22. The molecule has 0 fully saturated rings. The van der Waals surface area contributed by atoms with E-state index >= 15 is 0 Å². The largest absolute Gasteiger partial charge is 0.365 e. The third-order valence-electron chi connectivity index (χ3n) is 5.71. The van der Waals surface area contributed by atoms with Gasteiger partial charge in [0.05, 0.1) is 23.9 Å². The van der Waals surface area contributed by atoms with Crippen molar-refractivity contribution in [1.29, 1.82) is 5.26 Å². The van der Waals surface area contributed by atoms with Crippen molar-refractivity contribution in [2.75, 3.05) is 5.32 Å². The summed E-state index contributed by atoms with van der Waals surface area (Å²) in [7, 11) is 0. The van der Waals surface area contributed by atoms with E-state index in [1.54, 1.807) is 0 Å². The predicted octanol–water partition coefficient (Wildman–Crippen LogP) is 6.60. The Morgan fingerprint density at radius 3 is 2.12 bits per heavy atom. The average Bonchev–Trinajstić information content (AvgIpc) is 3.36. The highest BCUT2D eigenvalue weighted by atomic mass is 15.3. The number of nitrogens with zero attached hydrogens (tertiary/aromatic N) is 4. The maximum absolute atomic E-state index is 9.22. The molecule has 0 atom stereocenters. The number of fused-ring (bicyclic) bond motifs is 1. The summed E-state index contributed by atoms with van der Waals surface area (Å²) in [4.78, 5) is 5.15. The summed E-state index contributed by atoms with van der Waals surface area (Å²) in [6.07, 6.45) is 2.17. The van der Waals surface area contributed by atoms with Gasteiger partial charge < -0.3 is 9.88 Å². The van der Waals surface area contributed by atoms with Crippen LogP contribution in [0.1, 0.15) is 31.9 Å². The lowest BCUT2D eigenvalue weighted by atomic mass is 10.1. The lowest BCUT2D eigenvalue weighted by molar-refractivity contribution is 0.629. The van der Waals surface area contributed by atoms with Gasteiger partial charge in [0.25, 0.3) is 0 Å². The summed E-state index contributed by atoms with van der Waals surface area (Å²) >= 11 is 0. The van der Waals surface area contributed by atoms with Crippen molar-refractivity contribution in [3.8, 4) is 28.6 Å². The fourth-order valence-electron chi connectivity index (χ4n) is 4.17. The molecule has 0 bridgehead atoms. The molecule has 5 aromatic rings. The molecule has 5 heteroatoms. The number of anilines is 1. The van der Waals surface area contributed by atoms with E-state index in [4.69, 9.17) is 4.98 Å². The van der Waals surface area contributed by atoms with Gasteiger partial charge in [-0.15, -0.1) is 0 Å². The first-order valence-corrected chi connectivity index (χ1v) is 11.4. The fourth-order valence-corrected chi connectivity index (χ4v) is 4.17. The maximum Gasteiger partial charge on any atom is 0.217 e. The molecule has 0 amide bonds. The molecule has 168 valence electrons. The van der Waals surface area contributed by atoms with Crippen LogP contribution in [0.4, 0.5) is 5.82 Å². The Morgan fingerprint density at radius 1 is 0.853 bits per heavy atom. The minimum Gasteiger partial charge on any atom is -0.365 e. The van der Waals surface area contributed by atoms with Gasteiger partial charge in [0.15, 0.2) is 0 Å². The Labute approximate surface area is 199 Å². The van der Waals surface area contributed by atoms with Crippen molar-refractivity contribution < 1.29 is 0 Å². The first-order valence-electron chi connectivity index (χ1n) is 11.4. The molecule has 0 aliphatic heterocycles. The molecule has 34 heavy (non-hydrogen) atoms. The van der Waals surface area contributed by atoms with Crippen molar-refractivity contribution in [1.82, 2.24) is 14.0 Å². The Hall–Kier alpha value is -4.30. The quantitative estimate of drug-likeness (QED) is 0.332. The van der Waals surface area contributed by atoms with E-state index in [0.717, 1.165) is 34.1 Å². The summed E-state index contributed by atoms with van der Waals surface area (Å²) in [5, 5.41) is 12.9. The van der Waals surface area contributed by atoms with Gasteiger partial charge in [0, 0.05) is 17.3 Å². The van der Waals surface area contributed by atoms with Crippen LogP contribution in [0.3, 0.4) is 0 Å². The highest BCUT2D eigenvalue weighted by Crippen LogP contribution is 2.34. The van der Waals surface area contributed by atoms with Crippen molar-refractivity contribution in [2.24, 2.45) is 0 Å². The Morgan fingerprint density at radius 2 is 1.50 bits per heavy atom. The van der Waals surface area contributed by atoms with Crippen LogP contribution in [0.5, 0.6) is 0 Å². The van der Waals surface area contributed by atoms with Crippen LogP contribution in [0.25, 0.3) is 28.3 Å². The van der Waals surface area contributed by atoms with Gasteiger partial charge in [-0.25, -0.2) is 4.98 Å². The number of nitrogens with one attached hydrogen (secondary N) is 1. The number of nitriles is 1. The lowest BCUT2D eigenvalue weighted by Crippen LogP contribution is -2.27. The van der Waals surface area contributed by atoms with Gasteiger partial charge in [-0.05, 0) is 44.0 Å². The van der Waals surface area contributed by atoms with Crippen molar-refractivity contribution >= 4 is 11.6 Å². The average molecular weight is 446 g/mol. The molecule has 0 unspecified atom stereocenters. The van der Waals surface area contributed by atoms with Crippen LogP contribution in [-0.4, -0.2) is 19.5 Å². The second-order valence-electron chi connectivity index (χ2n) is 9.50. The van der Waals surface area contributed by atoms with Crippen LogP contribution in [0, 0.1) is 11.3 Å². The summed E-state index contributed by atoms with van der Waals surface area (Å²) < 4.78 is 4.43. The SMILES string of the molecule is CC(C)(C)Nc1c(-c2ccc(C#N)cc2)nc2n(Cc3ccccc3)c(-c3ccccc3)cn12. The van der Waals surface area contributed by atoms with Gasteiger partial charge in [-0.2, -0.15) is 5.26 Å². The third kappa shape index (κ3) is 4.18. The number of aromatic nitrogens is 3. The van der Waals surface area contributed by atoms with Crippen LogP contribution < -0.4 is 5.32 Å². The first-order chi connectivity index (χ1) is 16.4. The molecule has 5 nitrogen and oxygen atoms in total. The molecule has 2 aromatic heterocycles. The zero-order valence-corrected chi connectivity index (χ0v) is 19.7. The number of hydrogen-bond acceptors (Lipinski definition) is 3. The molecule has 0 aliphatic carbocycles. The number of benzene rings is 3. The molecule has 5 rings (SSSR count). The first kappa shape index (κ1) is 21.5. The second-order valence-corrected chi connectivity index (χ2v) is 9.50. The van der Waals surface area contributed by atoms with Gasteiger partial charge in [-0.3, -0.25) is 4.40 Å².